The quantitative estimate of drug-likeness (QED) is 0.177. The molecule has 0 radical (unpaired) electrons. The predicted octanol–water partition coefficient (Wildman–Crippen LogP) is 2.70. The molecular weight excluding hydrogens is 746 g/mol. The molecule has 2 aromatic carbocycles. The van der Waals surface area contributed by atoms with Gasteiger partial charge >= 0.3 is 30.0 Å². The van der Waals surface area contributed by atoms with E-state index in [0.717, 1.165) is 43.0 Å². The smallest absolute Gasteiger partial charge is 0.407 e. The molecule has 57 heavy (non-hydrogen) atoms. The highest BCUT2D eigenvalue weighted by atomic mass is 16.7. The monoisotopic (exact) mass is 793 g/mol. The maximum Gasteiger partial charge on any atom is 0.407 e. The van der Waals surface area contributed by atoms with Gasteiger partial charge in [0, 0.05) is 33.8 Å². The molecule has 18 nitrogen and oxygen atoms in total. The fourth-order valence-corrected chi connectivity index (χ4v) is 6.73. The lowest BCUT2D eigenvalue weighted by Gasteiger charge is -2.43. The van der Waals surface area contributed by atoms with Gasteiger partial charge in [-0.1, -0.05) is 53.7 Å². The number of carbonyl (C=O) groups is 6. The number of rotatable bonds is 14. The van der Waals surface area contributed by atoms with E-state index in [9.17, 15) is 28.8 Å². The van der Waals surface area contributed by atoms with Crippen LogP contribution in [0, 0.1) is 0 Å². The molecule has 2 N–H and O–H groups in total. The normalized spacial score (nSPS) is 20.6. The summed E-state index contributed by atoms with van der Waals surface area (Å²) in [5.74, 6) is -3.85. The first-order chi connectivity index (χ1) is 27.0. The molecular formula is C39H47N5O13. The summed E-state index contributed by atoms with van der Waals surface area (Å²) in [7, 11) is 1.30. The first kappa shape index (κ1) is 42.3. The van der Waals surface area contributed by atoms with E-state index < -0.39 is 84.6 Å². The lowest BCUT2D eigenvalue weighted by Crippen LogP contribution is -2.62. The summed E-state index contributed by atoms with van der Waals surface area (Å²) in [5.41, 5.74) is 3.53. The van der Waals surface area contributed by atoms with Gasteiger partial charge in [-0.15, -0.1) is 5.10 Å². The number of esters is 4. The first-order valence-corrected chi connectivity index (χ1v) is 18.2. The maximum atomic E-state index is 13.5. The lowest BCUT2D eigenvalue weighted by molar-refractivity contribution is -0.300. The predicted molar refractivity (Wildman–Crippen MR) is 197 cm³/mol. The zero-order chi connectivity index (χ0) is 41.4. The topological polar surface area (TPSA) is 222 Å². The van der Waals surface area contributed by atoms with Crippen molar-refractivity contribution in [1.29, 1.82) is 0 Å². The van der Waals surface area contributed by atoms with Gasteiger partial charge in [0.05, 0.1) is 25.7 Å². The van der Waals surface area contributed by atoms with Gasteiger partial charge in [0.25, 0.3) is 0 Å². The number of benzene rings is 2. The van der Waals surface area contributed by atoms with E-state index in [-0.39, 0.29) is 31.3 Å². The van der Waals surface area contributed by atoms with Crippen molar-refractivity contribution in [2.24, 2.45) is 0 Å². The minimum atomic E-state index is -1.37. The van der Waals surface area contributed by atoms with E-state index in [2.05, 4.69) is 20.9 Å². The Hall–Kier alpha value is -5.88. The standard InChI is InChI=1S/C39H47N5O13/c1-21(45)53-33-31(56-37(51-7)35(55-23(3)47)34(33)54-22(2)46)19-44-18-24(42-43-44)17-40-36(49)30(16-32(48)57-39(4,5)6)41-38(50)52-20-29-27-14-10-8-12-25(27)26-13-9-11-15-28(26)29/h8-15,18,29-31,33-35,37H,16-17,19-20H2,1-7H3,(H,40,49)(H,41,50)/t30-,31+,33+,34-,35-,37-/m0/s1. The van der Waals surface area contributed by atoms with Crippen molar-refractivity contribution in [2.75, 3.05) is 13.7 Å². The summed E-state index contributed by atoms with van der Waals surface area (Å²) in [6.45, 7) is 8.18. The molecule has 0 bridgehead atoms. The highest BCUT2D eigenvalue weighted by Crippen LogP contribution is 2.44. The number of nitrogens with one attached hydrogen (secondary N) is 2. The first-order valence-electron chi connectivity index (χ1n) is 18.2. The van der Waals surface area contributed by atoms with Crippen LogP contribution in [0.3, 0.4) is 0 Å². The molecule has 1 fully saturated rings. The van der Waals surface area contributed by atoms with Crippen molar-refractivity contribution in [3.05, 3.63) is 71.5 Å². The number of ether oxygens (including phenoxy) is 7. The van der Waals surface area contributed by atoms with Gasteiger partial charge in [-0.25, -0.2) is 9.48 Å². The number of fused-ring (bicyclic) bond motifs is 3. The summed E-state index contributed by atoms with van der Waals surface area (Å²) in [6, 6.07) is 14.3. The van der Waals surface area contributed by atoms with Crippen LogP contribution >= 0.6 is 0 Å². The molecule has 1 aromatic heterocycles. The molecule has 1 saturated heterocycles. The molecule has 0 saturated carbocycles. The number of nitrogens with zero attached hydrogens (tertiary/aromatic N) is 3. The van der Waals surface area contributed by atoms with Gasteiger partial charge < -0.3 is 43.8 Å². The third-order valence-electron chi connectivity index (χ3n) is 8.87. The average molecular weight is 794 g/mol. The van der Waals surface area contributed by atoms with Crippen LogP contribution in [-0.2, 0) is 70.2 Å². The van der Waals surface area contributed by atoms with Crippen molar-refractivity contribution >= 4 is 35.9 Å². The summed E-state index contributed by atoms with van der Waals surface area (Å²) in [5, 5.41) is 13.3. The zero-order valence-electron chi connectivity index (χ0n) is 32.7. The highest BCUT2D eigenvalue weighted by Gasteiger charge is 2.52. The van der Waals surface area contributed by atoms with Crippen LogP contribution in [0.4, 0.5) is 4.79 Å². The van der Waals surface area contributed by atoms with E-state index in [1.807, 2.05) is 48.5 Å². The van der Waals surface area contributed by atoms with Crippen molar-refractivity contribution in [3.8, 4) is 11.1 Å². The number of hydrogen-bond acceptors (Lipinski definition) is 15. The van der Waals surface area contributed by atoms with E-state index in [4.69, 9.17) is 33.2 Å². The minimum absolute atomic E-state index is 0.01000. The van der Waals surface area contributed by atoms with Gasteiger partial charge in [0.15, 0.2) is 24.6 Å². The third-order valence-corrected chi connectivity index (χ3v) is 8.87. The van der Waals surface area contributed by atoms with Crippen LogP contribution < -0.4 is 10.6 Å². The molecule has 2 heterocycles. The Bertz CT molecular complexity index is 1910. The lowest BCUT2D eigenvalue weighted by atomic mass is 9.97. The number of amides is 2. The molecule has 3 aromatic rings. The molecule has 306 valence electrons. The van der Waals surface area contributed by atoms with Crippen LogP contribution in [0.2, 0.25) is 0 Å². The number of methoxy groups -OCH3 is 1. The molecule has 5 rings (SSSR count). The molecule has 1 aliphatic heterocycles. The zero-order valence-corrected chi connectivity index (χ0v) is 32.7. The maximum absolute atomic E-state index is 13.5. The van der Waals surface area contributed by atoms with Crippen molar-refractivity contribution in [3.63, 3.8) is 0 Å². The fraction of sp³-hybridized carbons (Fsp3) is 0.487. The summed E-state index contributed by atoms with van der Waals surface area (Å²) >= 11 is 0. The molecule has 18 heteroatoms. The number of alkyl carbamates (subject to hydrolysis) is 1. The Morgan fingerprint density at radius 1 is 0.842 bits per heavy atom. The molecule has 2 amide bonds. The highest BCUT2D eigenvalue weighted by molar-refractivity contribution is 5.89. The Kier molecular flexibility index (Phi) is 13.6. The SMILES string of the molecule is CO[C@H]1O[C@H](Cn2cc(CNC(=O)[C@H](CC(=O)OC(C)(C)C)NC(=O)OCC3c4ccccc4-c4ccccc43)nn2)[C@@H](OC(C)=O)[C@H](OC(C)=O)[C@@H]1OC(C)=O. The van der Waals surface area contributed by atoms with Crippen molar-refractivity contribution < 1.29 is 61.9 Å². The molecule has 1 aliphatic carbocycles. The number of aromatic nitrogens is 3. The van der Waals surface area contributed by atoms with E-state index >= 15 is 0 Å². The Morgan fingerprint density at radius 2 is 1.42 bits per heavy atom. The van der Waals surface area contributed by atoms with Crippen LogP contribution in [0.25, 0.3) is 11.1 Å². The summed E-state index contributed by atoms with van der Waals surface area (Å²) in [4.78, 5) is 75.6. The van der Waals surface area contributed by atoms with Gasteiger partial charge in [0.2, 0.25) is 5.91 Å². The van der Waals surface area contributed by atoms with Gasteiger partial charge in [0.1, 0.15) is 30.0 Å². The van der Waals surface area contributed by atoms with Crippen molar-refractivity contribution in [1.82, 2.24) is 25.6 Å². The second kappa shape index (κ2) is 18.4. The summed E-state index contributed by atoms with van der Waals surface area (Å²) < 4.78 is 40.0. The number of carbonyl (C=O) groups excluding carboxylic acids is 6. The second-order valence-electron chi connectivity index (χ2n) is 14.5. The van der Waals surface area contributed by atoms with E-state index in [1.165, 1.54) is 18.0 Å². The third kappa shape index (κ3) is 11.1. The largest absolute Gasteiger partial charge is 0.460 e. The van der Waals surface area contributed by atoms with Crippen LogP contribution in [0.5, 0.6) is 0 Å². The van der Waals surface area contributed by atoms with Crippen LogP contribution in [0.15, 0.2) is 54.7 Å². The van der Waals surface area contributed by atoms with Crippen LogP contribution in [0.1, 0.15) is 70.7 Å². The second-order valence-corrected chi connectivity index (χ2v) is 14.5. The average Bonchev–Trinajstić information content (AvgIpc) is 3.72. The minimum Gasteiger partial charge on any atom is -0.460 e. The van der Waals surface area contributed by atoms with E-state index in [1.54, 1.807) is 20.8 Å². The van der Waals surface area contributed by atoms with Gasteiger partial charge in [-0.05, 0) is 43.0 Å². The Labute approximate surface area is 328 Å². The Balaban J connectivity index is 1.25. The van der Waals surface area contributed by atoms with Crippen molar-refractivity contribution in [2.45, 2.75) is 109 Å². The Morgan fingerprint density at radius 3 is 2.00 bits per heavy atom. The fourth-order valence-electron chi connectivity index (χ4n) is 6.73. The van der Waals surface area contributed by atoms with Crippen LogP contribution in [-0.4, -0.2) is 107 Å². The molecule has 2 aliphatic rings. The molecule has 0 unspecified atom stereocenters. The van der Waals surface area contributed by atoms with Gasteiger partial charge in [-0.3, -0.25) is 24.0 Å². The molecule has 0 spiro atoms. The van der Waals surface area contributed by atoms with Gasteiger partial charge in [-0.2, -0.15) is 0 Å². The summed E-state index contributed by atoms with van der Waals surface area (Å²) in [6.07, 6.45) is -6.01. The van der Waals surface area contributed by atoms with E-state index in [0.29, 0.717) is 0 Å². The number of hydrogen-bond donors (Lipinski definition) is 2. The molecule has 6 atom stereocenters.